The van der Waals surface area contributed by atoms with Crippen LogP contribution < -0.4 is 5.32 Å². The molecule has 1 N–H and O–H groups in total. The summed E-state index contributed by atoms with van der Waals surface area (Å²) >= 11 is 11.4. The van der Waals surface area contributed by atoms with E-state index in [0.717, 1.165) is 57.5 Å². The first kappa shape index (κ1) is 27.1. The summed E-state index contributed by atoms with van der Waals surface area (Å²) in [5, 5.41) is 5.71. The van der Waals surface area contributed by atoms with Crippen LogP contribution in [0.25, 0.3) is 0 Å². The molecule has 2 fully saturated rings. The molecule has 0 radical (unpaired) electrons. The molecule has 1 aliphatic carbocycles. The Morgan fingerprint density at radius 3 is 3.00 bits per heavy atom. The number of thiazole rings is 1. The van der Waals surface area contributed by atoms with Crippen LogP contribution >= 0.6 is 57.3 Å². The highest BCUT2D eigenvalue weighted by Crippen LogP contribution is 2.49. The Morgan fingerprint density at radius 1 is 1.43 bits per heavy atom. The van der Waals surface area contributed by atoms with Gasteiger partial charge in [0.25, 0.3) is 0 Å². The number of esters is 1. The number of halogens is 2. The summed E-state index contributed by atoms with van der Waals surface area (Å²) in [6, 6.07) is 6.21. The zero-order chi connectivity index (χ0) is 24.8. The van der Waals surface area contributed by atoms with E-state index in [4.69, 9.17) is 21.1 Å². The number of carbonyl (C=O) groups excluding carboxylic acids is 2. The summed E-state index contributed by atoms with van der Waals surface area (Å²) in [5.74, 6) is 0.0330. The van der Waals surface area contributed by atoms with Crippen LogP contribution in [0.2, 0.25) is 5.02 Å². The van der Waals surface area contributed by atoms with Gasteiger partial charge in [0, 0.05) is 41.0 Å². The fourth-order valence-electron chi connectivity index (χ4n) is 4.04. The molecule has 2 aromatic rings. The minimum atomic E-state index is -0.568. The van der Waals surface area contributed by atoms with E-state index in [1.54, 1.807) is 0 Å². The third-order valence-corrected chi connectivity index (χ3v) is 9.34. The van der Waals surface area contributed by atoms with E-state index in [1.807, 2.05) is 18.4 Å². The van der Waals surface area contributed by atoms with Gasteiger partial charge in [-0.15, -0.1) is 11.3 Å². The highest BCUT2D eigenvalue weighted by Gasteiger charge is 2.54. The fraction of sp³-hybridized carbons (Fsp3) is 0.542. The minimum Gasteiger partial charge on any atom is -0.465 e. The third-order valence-electron chi connectivity index (χ3n) is 6.13. The maximum atomic E-state index is 12.4. The van der Waals surface area contributed by atoms with E-state index in [9.17, 15) is 9.59 Å². The number of ether oxygens (including phenoxy) is 2. The number of morpholine rings is 1. The molecule has 190 valence electrons. The summed E-state index contributed by atoms with van der Waals surface area (Å²) in [6.45, 7) is 5.77. The molecule has 1 saturated heterocycles. The molecule has 1 aromatic carbocycles. The second kappa shape index (κ2) is 12.6. The third kappa shape index (κ3) is 7.10. The van der Waals surface area contributed by atoms with Crippen molar-refractivity contribution in [3.05, 3.63) is 45.4 Å². The van der Waals surface area contributed by atoms with Gasteiger partial charge < -0.3 is 14.8 Å². The number of carbonyl (C=O) groups is 2. The van der Waals surface area contributed by atoms with E-state index in [0.29, 0.717) is 19.8 Å². The Bertz CT molecular complexity index is 1050. The van der Waals surface area contributed by atoms with Crippen LogP contribution in [0.1, 0.15) is 36.6 Å². The van der Waals surface area contributed by atoms with Crippen LogP contribution in [-0.4, -0.2) is 66.5 Å². The first-order valence-electron chi connectivity index (χ1n) is 11.6. The maximum Gasteiger partial charge on any atom is 0.318 e. The van der Waals surface area contributed by atoms with Gasteiger partial charge in [-0.3, -0.25) is 14.5 Å². The van der Waals surface area contributed by atoms with Gasteiger partial charge >= 0.3 is 5.97 Å². The number of hydrogen-bond acceptors (Lipinski definition) is 8. The van der Waals surface area contributed by atoms with Crippen molar-refractivity contribution in [3.63, 3.8) is 0 Å². The lowest BCUT2D eigenvalue weighted by molar-refractivity contribution is -0.146. The van der Waals surface area contributed by atoms with Crippen molar-refractivity contribution in [2.45, 2.75) is 46.6 Å². The van der Waals surface area contributed by atoms with Crippen LogP contribution in [0.3, 0.4) is 0 Å². The van der Waals surface area contributed by atoms with Crippen LogP contribution in [0.5, 0.6) is 0 Å². The van der Waals surface area contributed by atoms with Crippen LogP contribution in [0.4, 0.5) is 0 Å². The lowest BCUT2D eigenvalue weighted by Crippen LogP contribution is -2.47. The highest BCUT2D eigenvalue weighted by atomic mass is 127. The quantitative estimate of drug-likeness (QED) is 0.167. The van der Waals surface area contributed by atoms with Gasteiger partial charge in [0.15, 0.2) is 4.34 Å². The summed E-state index contributed by atoms with van der Waals surface area (Å²) < 4.78 is 12.8. The summed E-state index contributed by atoms with van der Waals surface area (Å²) in [5.41, 5.74) is 2.59. The number of nitrogens with one attached hydrogen (secondary N) is 1. The normalized spacial score (nSPS) is 19.3. The molecular formula is C24H29ClIN3O4S2. The topological polar surface area (TPSA) is 80.8 Å². The van der Waals surface area contributed by atoms with Crippen molar-refractivity contribution in [3.8, 4) is 0 Å². The van der Waals surface area contributed by atoms with E-state index in [-0.39, 0.29) is 23.7 Å². The zero-order valence-electron chi connectivity index (χ0n) is 19.6. The highest BCUT2D eigenvalue weighted by molar-refractivity contribution is 14.1. The largest absolute Gasteiger partial charge is 0.465 e. The van der Waals surface area contributed by atoms with Gasteiger partial charge in [0.05, 0.1) is 30.8 Å². The molecule has 2 aliphatic rings. The predicted octanol–water partition coefficient (Wildman–Crippen LogP) is 4.44. The van der Waals surface area contributed by atoms with Gasteiger partial charge in [-0.05, 0) is 37.0 Å². The summed E-state index contributed by atoms with van der Waals surface area (Å²) in [6.07, 6.45) is 1.51. The maximum absolute atomic E-state index is 12.4. The molecular weight excluding hydrogens is 621 g/mol. The molecule has 1 saturated carbocycles. The molecule has 1 aromatic heterocycles. The van der Waals surface area contributed by atoms with Crippen LogP contribution in [-0.2, 0) is 35.5 Å². The van der Waals surface area contributed by atoms with E-state index in [2.05, 4.69) is 49.9 Å². The molecule has 1 atom stereocenters. The fourth-order valence-corrected chi connectivity index (χ4v) is 6.84. The Morgan fingerprint density at radius 2 is 2.26 bits per heavy atom. The molecule has 0 bridgehead atoms. The second-order valence-corrected chi connectivity index (χ2v) is 11.9. The van der Waals surface area contributed by atoms with Crippen molar-refractivity contribution in [1.82, 2.24) is 15.2 Å². The minimum absolute atomic E-state index is 0.0418. The standard InChI is InChI=1S/C24H29ClIN3O4S2/c1-2-32-22(31)24(5-6-24)20-14-34-23(28-20)35-15-21(30)27-11-18-13-29(7-8-33-18)12-16-3-4-19(25)17(9-16)10-26/h3-4,9,14,18H,2,5-8,10-13,15H2,1H3,(H,27,30)/t18-/m0/s1. The van der Waals surface area contributed by atoms with Gasteiger partial charge in [0.1, 0.15) is 5.41 Å². The molecule has 35 heavy (non-hydrogen) atoms. The number of hydrogen-bond donors (Lipinski definition) is 1. The van der Waals surface area contributed by atoms with Gasteiger partial charge in [-0.1, -0.05) is 58.1 Å². The second-order valence-electron chi connectivity index (χ2n) is 8.68. The Balaban J connectivity index is 1.20. The molecule has 0 unspecified atom stereocenters. The number of aromatic nitrogens is 1. The molecule has 1 amide bonds. The molecule has 2 heterocycles. The van der Waals surface area contributed by atoms with Crippen molar-refractivity contribution in [1.29, 1.82) is 0 Å². The van der Waals surface area contributed by atoms with E-state index < -0.39 is 5.41 Å². The Hall–Kier alpha value is -0.920. The van der Waals surface area contributed by atoms with Crippen molar-refractivity contribution in [2.24, 2.45) is 0 Å². The summed E-state index contributed by atoms with van der Waals surface area (Å²) in [4.78, 5) is 31.6. The first-order valence-corrected chi connectivity index (χ1v) is 15.4. The molecule has 7 nitrogen and oxygen atoms in total. The van der Waals surface area contributed by atoms with Gasteiger partial charge in [0.2, 0.25) is 5.91 Å². The molecule has 11 heteroatoms. The zero-order valence-corrected chi connectivity index (χ0v) is 24.1. The van der Waals surface area contributed by atoms with Gasteiger partial charge in [-0.2, -0.15) is 0 Å². The van der Waals surface area contributed by atoms with Crippen molar-refractivity contribution >= 4 is 69.2 Å². The number of benzene rings is 1. The monoisotopic (exact) mass is 649 g/mol. The predicted molar refractivity (Wildman–Crippen MR) is 148 cm³/mol. The lowest BCUT2D eigenvalue weighted by Gasteiger charge is -2.33. The SMILES string of the molecule is CCOC(=O)C1(c2csc(SCC(=O)NC[C@H]3CN(Cc4ccc(Cl)c(CI)c4)CCO3)n2)CC1. The lowest BCUT2D eigenvalue weighted by atomic mass is 10.0. The number of rotatable bonds is 11. The molecule has 1 aliphatic heterocycles. The molecule has 4 rings (SSSR count). The first-order chi connectivity index (χ1) is 16.9. The van der Waals surface area contributed by atoms with E-state index >= 15 is 0 Å². The van der Waals surface area contributed by atoms with Crippen LogP contribution in [0.15, 0.2) is 27.9 Å². The van der Waals surface area contributed by atoms with E-state index in [1.165, 1.54) is 28.7 Å². The molecule has 0 spiro atoms. The van der Waals surface area contributed by atoms with Crippen molar-refractivity contribution in [2.75, 3.05) is 38.6 Å². The van der Waals surface area contributed by atoms with Crippen molar-refractivity contribution < 1.29 is 19.1 Å². The average molecular weight is 650 g/mol. The number of nitrogens with zero attached hydrogens (tertiary/aromatic N) is 2. The number of thioether (sulfide) groups is 1. The van der Waals surface area contributed by atoms with Gasteiger partial charge in [-0.25, -0.2) is 4.98 Å². The number of amides is 1. The number of alkyl halides is 1. The smallest absolute Gasteiger partial charge is 0.318 e. The Kier molecular flexibility index (Phi) is 9.73. The average Bonchev–Trinajstić information content (AvgIpc) is 3.54. The van der Waals surface area contributed by atoms with Crippen LogP contribution in [0, 0.1) is 0 Å². The Labute approximate surface area is 232 Å². The summed E-state index contributed by atoms with van der Waals surface area (Å²) in [7, 11) is 0.